The molecule has 1 aromatic heterocycles. The van der Waals surface area contributed by atoms with Gasteiger partial charge in [-0.3, -0.25) is 4.79 Å². The minimum Gasteiger partial charge on any atom is -0.497 e. The first kappa shape index (κ1) is 19.5. The number of fused-ring (bicyclic) bond motifs is 2. The lowest BCUT2D eigenvalue weighted by molar-refractivity contribution is -0.139. The van der Waals surface area contributed by atoms with E-state index in [0.717, 1.165) is 32.3 Å². The van der Waals surface area contributed by atoms with Crippen molar-refractivity contribution in [2.24, 2.45) is 0 Å². The van der Waals surface area contributed by atoms with E-state index >= 15 is 0 Å². The summed E-state index contributed by atoms with van der Waals surface area (Å²) in [6.45, 7) is 2.10. The number of rotatable bonds is 5. The fourth-order valence-corrected chi connectivity index (χ4v) is 4.10. The van der Waals surface area contributed by atoms with Gasteiger partial charge in [-0.25, -0.2) is 4.79 Å². The van der Waals surface area contributed by atoms with Crippen LogP contribution in [0.2, 0.25) is 0 Å². The zero-order chi connectivity index (χ0) is 20.6. The van der Waals surface area contributed by atoms with Gasteiger partial charge in [0.25, 0.3) is 5.91 Å². The molecule has 1 aliphatic rings. The van der Waals surface area contributed by atoms with Gasteiger partial charge in [-0.05, 0) is 54.8 Å². The maximum atomic E-state index is 12.8. The zero-order valence-corrected chi connectivity index (χ0v) is 17.8. The van der Waals surface area contributed by atoms with Gasteiger partial charge in [0.15, 0.2) is 5.60 Å². The highest BCUT2D eigenvalue weighted by Crippen LogP contribution is 2.30. The number of H-pyrrole nitrogens is 1. The molecule has 0 radical (unpaired) electrons. The fourth-order valence-electron chi connectivity index (χ4n) is 3.69. The number of aromatic nitrogens is 1. The van der Waals surface area contributed by atoms with E-state index in [1.807, 2.05) is 30.5 Å². The number of benzene rings is 2. The van der Waals surface area contributed by atoms with Crippen LogP contribution in [0.25, 0.3) is 10.9 Å². The molecule has 0 saturated heterocycles. The number of methoxy groups -OCH3 is 1. The molecule has 4 rings (SSSR count). The second kappa shape index (κ2) is 7.55. The Morgan fingerprint density at radius 3 is 2.93 bits per heavy atom. The van der Waals surface area contributed by atoms with Crippen LogP contribution >= 0.6 is 15.9 Å². The molecule has 1 aliphatic heterocycles. The minimum absolute atomic E-state index is 0.294. The summed E-state index contributed by atoms with van der Waals surface area (Å²) in [5, 5.41) is 4.01. The number of esters is 1. The summed E-state index contributed by atoms with van der Waals surface area (Å²) in [5.41, 5.74) is 2.17. The summed E-state index contributed by atoms with van der Waals surface area (Å²) < 4.78 is 11.6. The predicted octanol–water partition coefficient (Wildman–Crippen LogP) is 3.77. The van der Waals surface area contributed by atoms with Crippen LogP contribution in [0.5, 0.6) is 5.75 Å². The Bertz CT molecular complexity index is 1110. The maximum Gasteiger partial charge on any atom is 0.339 e. The largest absolute Gasteiger partial charge is 0.497 e. The van der Waals surface area contributed by atoms with Crippen molar-refractivity contribution in [1.29, 1.82) is 0 Å². The van der Waals surface area contributed by atoms with Crippen molar-refractivity contribution in [2.75, 3.05) is 13.7 Å². The average molecular weight is 457 g/mol. The monoisotopic (exact) mass is 456 g/mol. The number of carbonyl (C=O) groups excluding carboxylic acids is 2. The SMILES string of the molecule is COc1ccc2c(CCNC(=O)C3(C)Cc4cc(Br)ccc4C(=O)O3)c[nH]c2c1. The molecule has 0 aliphatic carbocycles. The first-order valence-electron chi connectivity index (χ1n) is 9.34. The summed E-state index contributed by atoms with van der Waals surface area (Å²) in [7, 11) is 1.64. The van der Waals surface area contributed by atoms with Crippen LogP contribution in [0.3, 0.4) is 0 Å². The molecule has 0 fully saturated rings. The summed E-state index contributed by atoms with van der Waals surface area (Å²) in [6.07, 6.45) is 2.93. The third kappa shape index (κ3) is 3.74. The Labute approximate surface area is 176 Å². The van der Waals surface area contributed by atoms with Gasteiger partial charge in [0.05, 0.1) is 12.7 Å². The molecule has 6 nitrogen and oxygen atoms in total. The standard InChI is InChI=1S/C22H21BrN2O4/c1-22(11-14-9-15(23)3-5-18(14)20(26)29-22)21(27)24-8-7-13-12-25-19-10-16(28-2)4-6-17(13)19/h3-6,9-10,12,25H,7-8,11H2,1-2H3,(H,24,27). The lowest BCUT2D eigenvalue weighted by Gasteiger charge is -2.33. The minimum atomic E-state index is -1.22. The predicted molar refractivity (Wildman–Crippen MR) is 113 cm³/mol. The van der Waals surface area contributed by atoms with Crippen molar-refractivity contribution in [1.82, 2.24) is 10.3 Å². The Morgan fingerprint density at radius 2 is 2.14 bits per heavy atom. The molecule has 2 heterocycles. The van der Waals surface area contributed by atoms with Crippen LogP contribution in [0.15, 0.2) is 47.1 Å². The summed E-state index contributed by atoms with van der Waals surface area (Å²) >= 11 is 3.41. The van der Waals surface area contributed by atoms with Gasteiger partial charge in [-0.1, -0.05) is 15.9 Å². The van der Waals surface area contributed by atoms with Crippen LogP contribution in [-0.2, 0) is 22.4 Å². The molecule has 1 amide bonds. The smallest absolute Gasteiger partial charge is 0.339 e. The van der Waals surface area contributed by atoms with Crippen molar-refractivity contribution in [3.63, 3.8) is 0 Å². The van der Waals surface area contributed by atoms with Gasteiger partial charge in [0, 0.05) is 40.6 Å². The molecule has 2 N–H and O–H groups in total. The summed E-state index contributed by atoms with van der Waals surface area (Å²) in [5.74, 6) is 0.0260. The Kier molecular flexibility index (Phi) is 5.08. The normalized spacial score (nSPS) is 18.2. The first-order valence-corrected chi connectivity index (χ1v) is 10.1. The third-order valence-corrected chi connectivity index (χ3v) is 5.76. The van der Waals surface area contributed by atoms with Crippen LogP contribution in [-0.4, -0.2) is 36.1 Å². The molecule has 2 aromatic carbocycles. The number of amides is 1. The van der Waals surface area contributed by atoms with Crippen molar-refractivity contribution in [3.05, 3.63) is 63.8 Å². The molecular formula is C22H21BrN2O4. The number of aromatic amines is 1. The second-order valence-electron chi connectivity index (χ2n) is 7.33. The number of hydrogen-bond donors (Lipinski definition) is 2. The van der Waals surface area contributed by atoms with Crippen LogP contribution in [0.4, 0.5) is 0 Å². The van der Waals surface area contributed by atoms with Gasteiger partial charge in [-0.15, -0.1) is 0 Å². The molecule has 1 unspecified atom stereocenters. The van der Waals surface area contributed by atoms with E-state index in [0.29, 0.717) is 24.9 Å². The average Bonchev–Trinajstić information content (AvgIpc) is 3.09. The van der Waals surface area contributed by atoms with Crippen molar-refractivity contribution >= 4 is 38.7 Å². The lowest BCUT2D eigenvalue weighted by Crippen LogP contribution is -2.52. The van der Waals surface area contributed by atoms with Crippen molar-refractivity contribution in [2.45, 2.75) is 25.4 Å². The number of halogens is 1. The first-order chi connectivity index (χ1) is 13.9. The van der Waals surface area contributed by atoms with Crippen molar-refractivity contribution < 1.29 is 19.1 Å². The van der Waals surface area contributed by atoms with Crippen LogP contribution in [0.1, 0.15) is 28.4 Å². The van der Waals surface area contributed by atoms with Gasteiger partial charge in [0.1, 0.15) is 5.75 Å². The Balaban J connectivity index is 1.43. The van der Waals surface area contributed by atoms with Gasteiger partial charge in [-0.2, -0.15) is 0 Å². The molecule has 3 aromatic rings. The molecule has 1 atom stereocenters. The van der Waals surface area contributed by atoms with Crippen LogP contribution < -0.4 is 10.1 Å². The topological polar surface area (TPSA) is 80.4 Å². The van der Waals surface area contributed by atoms with E-state index in [9.17, 15) is 9.59 Å². The van der Waals surface area contributed by atoms with E-state index in [-0.39, 0.29) is 5.91 Å². The highest BCUT2D eigenvalue weighted by molar-refractivity contribution is 9.10. The zero-order valence-electron chi connectivity index (χ0n) is 16.2. The Morgan fingerprint density at radius 1 is 1.31 bits per heavy atom. The highest BCUT2D eigenvalue weighted by Gasteiger charge is 2.42. The number of ether oxygens (including phenoxy) is 2. The number of nitrogens with one attached hydrogen (secondary N) is 2. The molecule has 150 valence electrons. The van der Waals surface area contributed by atoms with E-state index in [1.165, 1.54) is 0 Å². The van der Waals surface area contributed by atoms with E-state index < -0.39 is 11.6 Å². The lowest BCUT2D eigenvalue weighted by atomic mass is 9.89. The number of hydrogen-bond acceptors (Lipinski definition) is 4. The van der Waals surface area contributed by atoms with Gasteiger partial charge >= 0.3 is 5.97 Å². The highest BCUT2D eigenvalue weighted by atomic mass is 79.9. The maximum absolute atomic E-state index is 12.8. The van der Waals surface area contributed by atoms with E-state index in [4.69, 9.17) is 9.47 Å². The molecule has 29 heavy (non-hydrogen) atoms. The van der Waals surface area contributed by atoms with Gasteiger partial charge < -0.3 is 19.8 Å². The quantitative estimate of drug-likeness (QED) is 0.572. The summed E-state index contributed by atoms with van der Waals surface area (Å²) in [4.78, 5) is 28.4. The third-order valence-electron chi connectivity index (χ3n) is 5.27. The molecule has 0 bridgehead atoms. The van der Waals surface area contributed by atoms with E-state index in [2.05, 4.69) is 26.2 Å². The van der Waals surface area contributed by atoms with Gasteiger partial charge in [0.2, 0.25) is 0 Å². The Hall–Kier alpha value is -2.80. The number of carbonyl (C=O) groups is 2. The molecule has 0 spiro atoms. The number of cyclic esters (lactones) is 1. The second-order valence-corrected chi connectivity index (χ2v) is 8.25. The molecular weight excluding hydrogens is 436 g/mol. The van der Waals surface area contributed by atoms with Crippen molar-refractivity contribution in [3.8, 4) is 5.75 Å². The van der Waals surface area contributed by atoms with Crippen LogP contribution in [0, 0.1) is 0 Å². The van der Waals surface area contributed by atoms with E-state index in [1.54, 1.807) is 26.2 Å². The summed E-state index contributed by atoms with van der Waals surface area (Å²) in [6, 6.07) is 11.2. The fraction of sp³-hybridized carbons (Fsp3) is 0.273. The molecule has 7 heteroatoms. The molecule has 0 saturated carbocycles.